The molecule has 104 valence electrons. The molecule has 0 saturated heterocycles. The summed E-state index contributed by atoms with van der Waals surface area (Å²) < 4.78 is 32.3. The fourth-order valence-electron chi connectivity index (χ4n) is 1.54. The molecule has 0 N–H and O–H groups in total. The van der Waals surface area contributed by atoms with Gasteiger partial charge in [0.15, 0.2) is 0 Å². The lowest BCUT2D eigenvalue weighted by molar-refractivity contribution is 0.0515. The van der Waals surface area contributed by atoms with E-state index in [1.807, 2.05) is 0 Å². The molecule has 2 rings (SSSR count). The number of esters is 1. The third-order valence-corrected chi connectivity index (χ3v) is 2.43. The molecule has 20 heavy (non-hydrogen) atoms. The number of nitrogens with zero attached hydrogens (tertiary/aromatic N) is 2. The van der Waals surface area contributed by atoms with Gasteiger partial charge in [0.1, 0.15) is 17.3 Å². The third-order valence-electron chi connectivity index (χ3n) is 2.43. The molecule has 0 bridgehead atoms. The number of carbonyl (C=O) groups is 1. The monoisotopic (exact) mass is 280 g/mol. The number of hydrogen-bond acceptors (Lipinski definition) is 4. The van der Waals surface area contributed by atoms with E-state index in [4.69, 9.17) is 0 Å². The van der Waals surface area contributed by atoms with E-state index in [1.54, 1.807) is 6.92 Å². The highest BCUT2D eigenvalue weighted by Gasteiger charge is 2.15. The van der Waals surface area contributed by atoms with E-state index in [2.05, 4.69) is 9.84 Å². The summed E-state index contributed by atoms with van der Waals surface area (Å²) in [5.74, 6) is -2.32. The van der Waals surface area contributed by atoms with Crippen molar-refractivity contribution in [1.82, 2.24) is 9.78 Å². The van der Waals surface area contributed by atoms with Crippen molar-refractivity contribution in [2.45, 2.75) is 6.92 Å². The number of ether oxygens (including phenoxy) is 1. The minimum atomic E-state index is -0.913. The number of benzene rings is 1. The average molecular weight is 280 g/mol. The van der Waals surface area contributed by atoms with Crippen LogP contribution in [0, 0.1) is 11.6 Å². The van der Waals surface area contributed by atoms with Crippen LogP contribution in [0.4, 0.5) is 8.78 Å². The van der Waals surface area contributed by atoms with Gasteiger partial charge in [-0.15, -0.1) is 0 Å². The van der Waals surface area contributed by atoms with Crippen molar-refractivity contribution in [2.75, 3.05) is 6.61 Å². The van der Waals surface area contributed by atoms with Crippen LogP contribution in [0.15, 0.2) is 35.3 Å². The van der Waals surface area contributed by atoms with Crippen molar-refractivity contribution >= 4 is 5.97 Å². The second-order valence-corrected chi connectivity index (χ2v) is 3.79. The van der Waals surface area contributed by atoms with Crippen molar-refractivity contribution in [3.05, 3.63) is 58.0 Å². The van der Waals surface area contributed by atoms with Gasteiger partial charge >= 0.3 is 5.97 Å². The summed E-state index contributed by atoms with van der Waals surface area (Å²) in [6.45, 7) is 1.65. The van der Waals surface area contributed by atoms with Crippen LogP contribution in [0.2, 0.25) is 0 Å². The molecule has 0 radical (unpaired) electrons. The minimum Gasteiger partial charge on any atom is -0.461 e. The molecule has 1 aromatic heterocycles. The topological polar surface area (TPSA) is 61.2 Å². The molecule has 5 nitrogen and oxygen atoms in total. The molecule has 0 aliphatic carbocycles. The minimum absolute atomic E-state index is 0.0726. The first-order valence-electron chi connectivity index (χ1n) is 5.75. The van der Waals surface area contributed by atoms with Gasteiger partial charge in [0, 0.05) is 18.3 Å². The van der Waals surface area contributed by atoms with Crippen molar-refractivity contribution in [3.63, 3.8) is 0 Å². The molecule has 0 aliphatic rings. The molecule has 0 atom stereocenters. The van der Waals surface area contributed by atoms with Gasteiger partial charge in [0.05, 0.1) is 6.61 Å². The van der Waals surface area contributed by atoms with E-state index >= 15 is 0 Å². The molecular weight excluding hydrogens is 270 g/mol. The van der Waals surface area contributed by atoms with Crippen LogP contribution < -0.4 is 5.43 Å². The number of carbonyl (C=O) groups excluding carboxylic acids is 1. The SMILES string of the molecule is CCOC(=O)c1nn(-c2cc(F)ccc2F)ccc1=O. The predicted octanol–water partition coefficient (Wildman–Crippen LogP) is 1.69. The molecule has 1 aromatic carbocycles. The van der Waals surface area contributed by atoms with Gasteiger partial charge in [-0.2, -0.15) is 5.10 Å². The first kappa shape index (κ1) is 13.9. The van der Waals surface area contributed by atoms with Gasteiger partial charge in [-0.3, -0.25) is 4.79 Å². The molecule has 0 amide bonds. The molecule has 0 aliphatic heterocycles. The van der Waals surface area contributed by atoms with Gasteiger partial charge < -0.3 is 4.74 Å². The van der Waals surface area contributed by atoms with Gasteiger partial charge in [0.25, 0.3) is 0 Å². The average Bonchev–Trinajstić information content (AvgIpc) is 2.42. The number of halogens is 2. The van der Waals surface area contributed by atoms with E-state index in [1.165, 1.54) is 0 Å². The van der Waals surface area contributed by atoms with Crippen molar-refractivity contribution < 1.29 is 18.3 Å². The lowest BCUT2D eigenvalue weighted by Crippen LogP contribution is -2.22. The Balaban J connectivity index is 2.54. The maximum absolute atomic E-state index is 13.6. The molecule has 0 spiro atoms. The van der Waals surface area contributed by atoms with Gasteiger partial charge in [0.2, 0.25) is 11.1 Å². The first-order chi connectivity index (χ1) is 9.52. The molecule has 0 saturated carbocycles. The number of aromatic nitrogens is 2. The maximum atomic E-state index is 13.6. The van der Waals surface area contributed by atoms with Crippen LogP contribution in [-0.2, 0) is 4.74 Å². The fraction of sp³-hybridized carbons (Fsp3) is 0.154. The smallest absolute Gasteiger partial charge is 0.362 e. The normalized spacial score (nSPS) is 10.3. The lowest BCUT2D eigenvalue weighted by Gasteiger charge is -2.08. The van der Waals surface area contributed by atoms with Gasteiger partial charge in [-0.25, -0.2) is 18.3 Å². The van der Waals surface area contributed by atoms with Crippen molar-refractivity contribution in [2.24, 2.45) is 0 Å². The van der Waals surface area contributed by atoms with Crippen LogP contribution in [0.25, 0.3) is 5.69 Å². The maximum Gasteiger partial charge on any atom is 0.362 e. The predicted molar refractivity (Wildman–Crippen MR) is 65.7 cm³/mol. The lowest BCUT2D eigenvalue weighted by atomic mass is 10.3. The highest BCUT2D eigenvalue weighted by molar-refractivity contribution is 5.86. The second-order valence-electron chi connectivity index (χ2n) is 3.79. The van der Waals surface area contributed by atoms with E-state index < -0.39 is 28.7 Å². The van der Waals surface area contributed by atoms with E-state index in [0.29, 0.717) is 0 Å². The van der Waals surface area contributed by atoms with Crippen LogP contribution in [0.3, 0.4) is 0 Å². The quantitative estimate of drug-likeness (QED) is 0.803. The zero-order valence-corrected chi connectivity index (χ0v) is 10.5. The van der Waals surface area contributed by atoms with Crippen molar-refractivity contribution in [3.8, 4) is 5.69 Å². The summed E-state index contributed by atoms with van der Waals surface area (Å²) in [6, 6.07) is 3.81. The zero-order chi connectivity index (χ0) is 14.7. The summed E-state index contributed by atoms with van der Waals surface area (Å²) >= 11 is 0. The summed E-state index contributed by atoms with van der Waals surface area (Å²) in [5, 5.41) is 3.69. The summed E-state index contributed by atoms with van der Waals surface area (Å²) in [7, 11) is 0. The number of hydrogen-bond donors (Lipinski definition) is 0. The summed E-state index contributed by atoms with van der Waals surface area (Å²) in [6.07, 6.45) is 1.14. The Morgan fingerprint density at radius 1 is 1.35 bits per heavy atom. The van der Waals surface area contributed by atoms with Crippen LogP contribution in [-0.4, -0.2) is 22.4 Å². The summed E-state index contributed by atoms with van der Waals surface area (Å²) in [4.78, 5) is 23.1. The Morgan fingerprint density at radius 3 is 2.80 bits per heavy atom. The summed E-state index contributed by atoms with van der Waals surface area (Å²) in [5.41, 5.74) is -1.36. The Morgan fingerprint density at radius 2 is 2.10 bits per heavy atom. The Kier molecular flexibility index (Phi) is 3.88. The van der Waals surface area contributed by atoms with Crippen LogP contribution in [0.1, 0.15) is 17.4 Å². The highest BCUT2D eigenvalue weighted by atomic mass is 19.1. The Bertz CT molecular complexity index is 713. The van der Waals surface area contributed by atoms with E-state index in [9.17, 15) is 18.4 Å². The fourth-order valence-corrected chi connectivity index (χ4v) is 1.54. The van der Waals surface area contributed by atoms with Gasteiger partial charge in [-0.05, 0) is 19.1 Å². The van der Waals surface area contributed by atoms with Crippen LogP contribution in [0.5, 0.6) is 0 Å². The standard InChI is InChI=1S/C13H10F2N2O3/c1-2-20-13(19)12-11(18)5-6-17(16-12)10-7-8(14)3-4-9(10)15/h3-7H,2H2,1H3. The Labute approximate surface area is 112 Å². The molecule has 0 unspecified atom stereocenters. The first-order valence-corrected chi connectivity index (χ1v) is 5.75. The van der Waals surface area contributed by atoms with E-state index in [0.717, 1.165) is 35.1 Å². The molecule has 7 heteroatoms. The third kappa shape index (κ3) is 2.71. The zero-order valence-electron chi connectivity index (χ0n) is 10.5. The van der Waals surface area contributed by atoms with E-state index in [-0.39, 0.29) is 12.3 Å². The molecule has 2 aromatic rings. The van der Waals surface area contributed by atoms with Crippen LogP contribution >= 0.6 is 0 Å². The molecular formula is C13H10F2N2O3. The van der Waals surface area contributed by atoms with Crippen molar-refractivity contribution in [1.29, 1.82) is 0 Å². The van der Waals surface area contributed by atoms with Gasteiger partial charge in [-0.1, -0.05) is 0 Å². The second kappa shape index (κ2) is 5.60. The molecule has 1 heterocycles. The molecule has 0 fully saturated rings. The Hall–Kier alpha value is -2.57. The number of rotatable bonds is 3. The highest BCUT2D eigenvalue weighted by Crippen LogP contribution is 2.13. The largest absolute Gasteiger partial charge is 0.461 e.